The second-order valence-corrected chi connectivity index (χ2v) is 6.25. The summed E-state index contributed by atoms with van der Waals surface area (Å²) in [4.78, 5) is 11.2. The summed E-state index contributed by atoms with van der Waals surface area (Å²) in [5, 5.41) is 9.15. The van der Waals surface area contributed by atoms with Crippen LogP contribution in [-0.4, -0.2) is 37.9 Å². The highest BCUT2D eigenvalue weighted by Gasteiger charge is 2.32. The van der Waals surface area contributed by atoms with Gasteiger partial charge in [-0.15, -0.1) is 0 Å². The lowest BCUT2D eigenvalue weighted by molar-refractivity contribution is -0.137. The maximum absolute atomic E-state index is 12.2. The Morgan fingerprint density at radius 3 is 2.45 bits per heavy atom. The van der Waals surface area contributed by atoms with Crippen LogP contribution in [0.3, 0.4) is 0 Å². The number of anilines is 1. The Bertz CT molecular complexity index is 570. The number of ether oxygens (including phenoxy) is 1. The molecule has 0 radical (unpaired) electrons. The molecule has 0 aliphatic heterocycles. The summed E-state index contributed by atoms with van der Waals surface area (Å²) in [6.07, 6.45) is 0. The van der Waals surface area contributed by atoms with Crippen LogP contribution in [0.15, 0.2) is 24.3 Å². The number of carboxylic acids is 1. The number of hydrogen-bond acceptors (Lipinski definition) is 4. The van der Waals surface area contributed by atoms with Crippen LogP contribution in [0.25, 0.3) is 0 Å². The van der Waals surface area contributed by atoms with Crippen LogP contribution in [0, 0.1) is 0 Å². The maximum Gasteiger partial charge on any atom is 0.327 e. The van der Waals surface area contributed by atoms with Crippen LogP contribution in [0.2, 0.25) is 0 Å². The highest BCUT2D eigenvalue weighted by atomic mass is 32.2. The molecule has 0 heterocycles. The van der Waals surface area contributed by atoms with Crippen molar-refractivity contribution in [1.82, 2.24) is 0 Å². The number of aliphatic carboxylic acids is 1. The fourth-order valence-electron chi connectivity index (χ4n) is 1.76. The minimum absolute atomic E-state index is 0.189. The summed E-state index contributed by atoms with van der Waals surface area (Å²) in [5.41, 5.74) is 0.242. The van der Waals surface area contributed by atoms with E-state index in [0.717, 1.165) is 4.31 Å². The molecule has 0 aliphatic rings. The van der Waals surface area contributed by atoms with Crippen molar-refractivity contribution in [1.29, 1.82) is 0 Å². The Kier molecular flexibility index (Phi) is 5.38. The van der Waals surface area contributed by atoms with Gasteiger partial charge in [0.15, 0.2) is 0 Å². The Hall–Kier alpha value is -1.76. The molecule has 0 aliphatic carbocycles. The molecule has 7 heteroatoms. The largest absolute Gasteiger partial charge is 0.492 e. The van der Waals surface area contributed by atoms with Crippen molar-refractivity contribution in [3.8, 4) is 5.75 Å². The van der Waals surface area contributed by atoms with Crippen LogP contribution in [0.1, 0.15) is 20.8 Å². The zero-order valence-electron chi connectivity index (χ0n) is 11.7. The van der Waals surface area contributed by atoms with Crippen molar-refractivity contribution in [2.75, 3.05) is 16.7 Å². The molecule has 1 unspecified atom stereocenters. The minimum Gasteiger partial charge on any atom is -0.492 e. The van der Waals surface area contributed by atoms with Gasteiger partial charge in [-0.3, -0.25) is 4.31 Å². The third-order valence-electron chi connectivity index (χ3n) is 2.78. The van der Waals surface area contributed by atoms with Gasteiger partial charge in [0.2, 0.25) is 10.0 Å². The van der Waals surface area contributed by atoms with E-state index >= 15 is 0 Å². The average Bonchev–Trinajstić information content (AvgIpc) is 2.40. The Morgan fingerprint density at radius 2 is 1.95 bits per heavy atom. The van der Waals surface area contributed by atoms with Crippen molar-refractivity contribution in [2.24, 2.45) is 0 Å². The first-order valence-electron chi connectivity index (χ1n) is 6.31. The van der Waals surface area contributed by atoms with E-state index in [1.165, 1.54) is 19.9 Å². The standard InChI is InChI=1S/C13H19NO5S/c1-4-19-12-9-7-6-8-11(12)14(10(3)13(15)16)20(17,18)5-2/h6-10H,4-5H2,1-3H3,(H,15,16). The highest BCUT2D eigenvalue weighted by Crippen LogP contribution is 2.32. The van der Waals surface area contributed by atoms with E-state index in [4.69, 9.17) is 9.84 Å². The Labute approximate surface area is 119 Å². The summed E-state index contributed by atoms with van der Waals surface area (Å²) in [6, 6.07) is 5.30. The van der Waals surface area contributed by atoms with E-state index in [9.17, 15) is 13.2 Å². The molecule has 1 N–H and O–H groups in total. The van der Waals surface area contributed by atoms with Gasteiger partial charge < -0.3 is 9.84 Å². The fraction of sp³-hybridized carbons (Fsp3) is 0.462. The number of sulfonamides is 1. The molecule has 1 aromatic rings. The summed E-state index contributed by atoms with van der Waals surface area (Å²) in [5.74, 6) is -1.06. The molecule has 112 valence electrons. The summed E-state index contributed by atoms with van der Waals surface area (Å²) < 4.78 is 30.7. The van der Waals surface area contributed by atoms with Crippen LogP contribution in [-0.2, 0) is 14.8 Å². The van der Waals surface area contributed by atoms with Crippen LogP contribution < -0.4 is 9.04 Å². The topological polar surface area (TPSA) is 83.9 Å². The predicted molar refractivity (Wildman–Crippen MR) is 76.6 cm³/mol. The van der Waals surface area contributed by atoms with Gasteiger partial charge in [-0.25, -0.2) is 13.2 Å². The molecular weight excluding hydrogens is 282 g/mol. The number of para-hydroxylation sites is 2. The van der Waals surface area contributed by atoms with Gasteiger partial charge in [0.05, 0.1) is 18.0 Å². The van der Waals surface area contributed by atoms with Crippen LogP contribution in [0.4, 0.5) is 5.69 Å². The Balaban J connectivity index is 3.42. The second-order valence-electron chi connectivity index (χ2n) is 4.11. The predicted octanol–water partition coefficient (Wildman–Crippen LogP) is 1.71. The van der Waals surface area contributed by atoms with E-state index < -0.39 is 22.0 Å². The van der Waals surface area contributed by atoms with Gasteiger partial charge in [-0.05, 0) is 32.9 Å². The molecule has 0 spiro atoms. The van der Waals surface area contributed by atoms with Crippen molar-refractivity contribution >= 4 is 21.7 Å². The second kappa shape index (κ2) is 6.60. The normalized spacial score (nSPS) is 12.8. The van der Waals surface area contributed by atoms with E-state index in [1.54, 1.807) is 25.1 Å². The molecule has 0 amide bonds. The molecule has 0 aromatic heterocycles. The molecule has 0 saturated heterocycles. The van der Waals surface area contributed by atoms with E-state index in [0.29, 0.717) is 12.4 Å². The monoisotopic (exact) mass is 301 g/mol. The fourth-order valence-corrected chi connectivity index (χ4v) is 3.06. The number of hydrogen-bond donors (Lipinski definition) is 1. The molecule has 1 aromatic carbocycles. The molecule has 6 nitrogen and oxygen atoms in total. The molecule has 20 heavy (non-hydrogen) atoms. The van der Waals surface area contributed by atoms with Gasteiger partial charge in [0.25, 0.3) is 0 Å². The first-order valence-corrected chi connectivity index (χ1v) is 7.92. The van der Waals surface area contributed by atoms with Crippen molar-refractivity contribution in [3.05, 3.63) is 24.3 Å². The number of carbonyl (C=O) groups is 1. The highest BCUT2D eigenvalue weighted by molar-refractivity contribution is 7.92. The zero-order chi connectivity index (χ0) is 15.3. The lowest BCUT2D eigenvalue weighted by Gasteiger charge is -2.28. The molecule has 0 bridgehead atoms. The van der Waals surface area contributed by atoms with Crippen molar-refractivity contribution in [3.63, 3.8) is 0 Å². The van der Waals surface area contributed by atoms with Crippen molar-refractivity contribution < 1.29 is 23.1 Å². The van der Waals surface area contributed by atoms with Crippen LogP contribution >= 0.6 is 0 Å². The molecule has 1 rings (SSSR count). The molecule has 0 saturated carbocycles. The summed E-state index contributed by atoms with van der Waals surface area (Å²) in [6.45, 7) is 4.94. The van der Waals surface area contributed by atoms with Crippen molar-refractivity contribution in [2.45, 2.75) is 26.8 Å². The van der Waals surface area contributed by atoms with E-state index in [1.807, 2.05) is 0 Å². The number of nitrogens with zero attached hydrogens (tertiary/aromatic N) is 1. The first kappa shape index (κ1) is 16.3. The Morgan fingerprint density at radius 1 is 1.35 bits per heavy atom. The zero-order valence-corrected chi connectivity index (χ0v) is 12.6. The molecular formula is C13H19NO5S. The van der Waals surface area contributed by atoms with Crippen LogP contribution in [0.5, 0.6) is 5.75 Å². The lowest BCUT2D eigenvalue weighted by Crippen LogP contribution is -2.44. The lowest BCUT2D eigenvalue weighted by atomic mass is 10.2. The maximum atomic E-state index is 12.2. The van der Waals surface area contributed by atoms with Gasteiger partial charge in [0.1, 0.15) is 11.8 Å². The first-order chi connectivity index (χ1) is 9.35. The third kappa shape index (κ3) is 3.41. The molecule has 1 atom stereocenters. The smallest absolute Gasteiger partial charge is 0.327 e. The number of rotatable bonds is 7. The summed E-state index contributed by atoms with van der Waals surface area (Å²) >= 11 is 0. The van der Waals surface area contributed by atoms with Gasteiger partial charge in [-0.1, -0.05) is 12.1 Å². The number of benzene rings is 1. The number of carboxylic acid groups (broad SMARTS) is 1. The van der Waals surface area contributed by atoms with Gasteiger partial charge >= 0.3 is 5.97 Å². The van der Waals surface area contributed by atoms with E-state index in [2.05, 4.69) is 0 Å². The van der Waals surface area contributed by atoms with E-state index in [-0.39, 0.29) is 11.4 Å². The van der Waals surface area contributed by atoms with Gasteiger partial charge in [-0.2, -0.15) is 0 Å². The third-order valence-corrected chi connectivity index (χ3v) is 4.62. The average molecular weight is 301 g/mol. The minimum atomic E-state index is -3.73. The quantitative estimate of drug-likeness (QED) is 0.829. The summed E-state index contributed by atoms with van der Waals surface area (Å²) in [7, 11) is -3.73. The van der Waals surface area contributed by atoms with Gasteiger partial charge in [0, 0.05) is 0 Å². The molecule has 0 fully saturated rings. The SMILES string of the molecule is CCOc1ccccc1N(C(C)C(=O)O)S(=O)(=O)CC.